The maximum Gasteiger partial charge on any atom is 0.272 e. The highest BCUT2D eigenvalue weighted by molar-refractivity contribution is 6.40. The summed E-state index contributed by atoms with van der Waals surface area (Å²) in [7, 11) is 0. The Morgan fingerprint density at radius 1 is 1.04 bits per heavy atom. The van der Waals surface area contributed by atoms with Crippen LogP contribution in [0.4, 0.5) is 0 Å². The summed E-state index contributed by atoms with van der Waals surface area (Å²) < 4.78 is 5.36. The quantitative estimate of drug-likeness (QED) is 0.701. The van der Waals surface area contributed by atoms with Crippen LogP contribution in [0.15, 0.2) is 5.16 Å². The molecule has 1 aliphatic carbocycles. The fourth-order valence-corrected chi connectivity index (χ4v) is 4.61. The minimum absolute atomic E-state index is 0.000917. The topological polar surface area (TPSA) is 71.4 Å². The summed E-state index contributed by atoms with van der Waals surface area (Å²) in [6.07, 6.45) is 1.98. The molecule has 5 rings (SSSR count). The van der Waals surface area contributed by atoms with Gasteiger partial charge in [0.15, 0.2) is 11.8 Å². The molecule has 0 N–H and O–H groups in total. The lowest BCUT2D eigenvalue weighted by molar-refractivity contribution is -0.133. The molecule has 4 aliphatic heterocycles. The van der Waals surface area contributed by atoms with Gasteiger partial charge in [-0.3, -0.25) is 9.59 Å². The second-order valence-electron chi connectivity index (χ2n) is 7.36. The molecular formula is C16H21N3O4. The number of amides is 2. The summed E-state index contributed by atoms with van der Waals surface area (Å²) in [5.74, 6) is 1.14. The van der Waals surface area contributed by atoms with Gasteiger partial charge in [-0.25, -0.2) is 0 Å². The lowest BCUT2D eigenvalue weighted by Gasteiger charge is -2.19. The third-order valence-corrected chi connectivity index (χ3v) is 6.07. The molecule has 0 aromatic rings. The molecule has 7 heteroatoms. The van der Waals surface area contributed by atoms with E-state index in [4.69, 9.17) is 9.57 Å². The standard InChI is InChI=1S/C16H21N3O4/c20-15(13-10-7-22-8-11(10)13)19-5-9-12(6-19)23-17-14(9)16(21)18-3-1-2-4-18/h9-13H,1-8H2/t9-,10-,11+,12+,13?/m0/s1. The molecule has 0 radical (unpaired) electrons. The number of carbonyl (C=O) groups excluding carboxylic acids is 2. The van der Waals surface area contributed by atoms with Crippen molar-refractivity contribution in [1.82, 2.24) is 9.80 Å². The number of nitrogens with zero attached hydrogens (tertiary/aromatic N) is 3. The number of oxime groups is 1. The fourth-order valence-electron chi connectivity index (χ4n) is 4.61. The lowest BCUT2D eigenvalue weighted by Crippen LogP contribution is -2.39. The molecular weight excluding hydrogens is 298 g/mol. The lowest BCUT2D eigenvalue weighted by atomic mass is 10.00. The van der Waals surface area contributed by atoms with Crippen molar-refractivity contribution in [3.63, 3.8) is 0 Å². The van der Waals surface area contributed by atoms with Crippen molar-refractivity contribution >= 4 is 17.5 Å². The number of carbonyl (C=O) groups is 2. The van der Waals surface area contributed by atoms with Gasteiger partial charge >= 0.3 is 0 Å². The van der Waals surface area contributed by atoms with Gasteiger partial charge in [0.05, 0.1) is 25.7 Å². The molecule has 7 nitrogen and oxygen atoms in total. The molecule has 0 aromatic heterocycles. The molecule has 0 aromatic carbocycles. The molecule has 5 aliphatic rings. The van der Waals surface area contributed by atoms with E-state index >= 15 is 0 Å². The van der Waals surface area contributed by atoms with E-state index in [2.05, 4.69) is 5.16 Å². The van der Waals surface area contributed by atoms with Gasteiger partial charge in [0.2, 0.25) is 5.91 Å². The summed E-state index contributed by atoms with van der Waals surface area (Å²) in [5.41, 5.74) is 0.520. The number of hydrogen-bond acceptors (Lipinski definition) is 5. The first kappa shape index (κ1) is 13.8. The molecule has 1 unspecified atom stereocenters. The van der Waals surface area contributed by atoms with E-state index in [9.17, 15) is 9.59 Å². The van der Waals surface area contributed by atoms with E-state index in [1.165, 1.54) is 0 Å². The van der Waals surface area contributed by atoms with Gasteiger partial charge in [-0.05, 0) is 24.7 Å². The third-order valence-electron chi connectivity index (χ3n) is 6.07. The average Bonchev–Trinajstić information content (AvgIpc) is 3.14. The van der Waals surface area contributed by atoms with Gasteiger partial charge in [-0.2, -0.15) is 0 Å². The second-order valence-corrected chi connectivity index (χ2v) is 7.36. The van der Waals surface area contributed by atoms with Crippen LogP contribution in [0.25, 0.3) is 0 Å². The van der Waals surface area contributed by atoms with E-state index in [-0.39, 0.29) is 29.8 Å². The molecule has 5 atom stereocenters. The Balaban J connectivity index is 1.25. The Morgan fingerprint density at radius 2 is 1.78 bits per heavy atom. The van der Waals surface area contributed by atoms with Gasteiger partial charge < -0.3 is 19.4 Å². The van der Waals surface area contributed by atoms with Crippen molar-refractivity contribution in [2.45, 2.75) is 18.9 Å². The first-order valence-corrected chi connectivity index (χ1v) is 8.63. The summed E-state index contributed by atoms with van der Waals surface area (Å²) >= 11 is 0. The zero-order valence-electron chi connectivity index (χ0n) is 13.0. The summed E-state index contributed by atoms with van der Waals surface area (Å²) in [4.78, 5) is 34.4. The van der Waals surface area contributed by atoms with Crippen LogP contribution in [-0.2, 0) is 19.2 Å². The summed E-state index contributed by atoms with van der Waals surface area (Å²) in [5, 5.41) is 4.04. The molecule has 1 saturated carbocycles. The van der Waals surface area contributed by atoms with Gasteiger partial charge in [0.1, 0.15) is 0 Å². The molecule has 4 fully saturated rings. The van der Waals surface area contributed by atoms with Crippen LogP contribution < -0.4 is 0 Å². The van der Waals surface area contributed by atoms with E-state index in [1.807, 2.05) is 9.80 Å². The number of rotatable bonds is 2. The Hall–Kier alpha value is -1.63. The Morgan fingerprint density at radius 3 is 2.52 bits per heavy atom. The summed E-state index contributed by atoms with van der Waals surface area (Å²) in [6.45, 7) is 4.18. The smallest absolute Gasteiger partial charge is 0.272 e. The van der Waals surface area contributed by atoms with Crippen molar-refractivity contribution in [3.05, 3.63) is 0 Å². The van der Waals surface area contributed by atoms with Crippen molar-refractivity contribution in [3.8, 4) is 0 Å². The Bertz CT molecular complexity index is 576. The van der Waals surface area contributed by atoms with Crippen LogP contribution in [0.5, 0.6) is 0 Å². The minimum Gasteiger partial charge on any atom is -0.389 e. The van der Waals surface area contributed by atoms with Crippen LogP contribution >= 0.6 is 0 Å². The van der Waals surface area contributed by atoms with Crippen LogP contribution in [0, 0.1) is 23.7 Å². The van der Waals surface area contributed by atoms with Crippen LogP contribution in [0.3, 0.4) is 0 Å². The van der Waals surface area contributed by atoms with Gasteiger partial charge in [-0.1, -0.05) is 5.16 Å². The minimum atomic E-state index is -0.143. The van der Waals surface area contributed by atoms with Crippen LogP contribution in [0.2, 0.25) is 0 Å². The van der Waals surface area contributed by atoms with Crippen molar-refractivity contribution in [1.29, 1.82) is 0 Å². The highest BCUT2D eigenvalue weighted by Crippen LogP contribution is 2.52. The van der Waals surface area contributed by atoms with Crippen molar-refractivity contribution in [2.75, 3.05) is 39.4 Å². The number of fused-ring (bicyclic) bond motifs is 2. The number of hydrogen-bond donors (Lipinski definition) is 0. The van der Waals surface area contributed by atoms with Crippen LogP contribution in [0.1, 0.15) is 12.8 Å². The highest BCUT2D eigenvalue weighted by Gasteiger charge is 2.60. The Labute approximate surface area is 134 Å². The fraction of sp³-hybridized carbons (Fsp3) is 0.812. The first-order valence-electron chi connectivity index (χ1n) is 8.63. The largest absolute Gasteiger partial charge is 0.389 e. The number of ether oxygens (including phenoxy) is 1. The highest BCUT2D eigenvalue weighted by atomic mass is 16.6. The SMILES string of the molecule is O=C(C1=NO[C@@H]2CN(C(=O)C3[C@H]4COC[C@@H]34)C[C@H]12)N1CCCC1. The second kappa shape index (κ2) is 4.93. The molecule has 124 valence electrons. The Kier molecular flexibility index (Phi) is 2.95. The van der Waals surface area contributed by atoms with E-state index in [1.54, 1.807) is 0 Å². The molecule has 23 heavy (non-hydrogen) atoms. The maximum atomic E-state index is 12.7. The van der Waals surface area contributed by atoms with E-state index in [0.29, 0.717) is 30.6 Å². The van der Waals surface area contributed by atoms with Crippen molar-refractivity contribution in [2.24, 2.45) is 28.8 Å². The molecule has 0 spiro atoms. The van der Waals surface area contributed by atoms with E-state index < -0.39 is 0 Å². The maximum absolute atomic E-state index is 12.7. The molecule has 2 amide bonds. The first-order chi connectivity index (χ1) is 11.2. The van der Waals surface area contributed by atoms with Crippen LogP contribution in [-0.4, -0.2) is 72.8 Å². The van der Waals surface area contributed by atoms with Gasteiger partial charge in [-0.15, -0.1) is 0 Å². The predicted molar refractivity (Wildman–Crippen MR) is 79.5 cm³/mol. The predicted octanol–water partition coefficient (Wildman–Crippen LogP) is -0.286. The van der Waals surface area contributed by atoms with Gasteiger partial charge in [0, 0.05) is 25.6 Å². The van der Waals surface area contributed by atoms with E-state index in [0.717, 1.165) is 39.1 Å². The molecule has 0 bridgehead atoms. The average molecular weight is 319 g/mol. The zero-order valence-corrected chi connectivity index (χ0v) is 13.0. The zero-order chi connectivity index (χ0) is 15.6. The van der Waals surface area contributed by atoms with Crippen molar-refractivity contribution < 1.29 is 19.2 Å². The number of likely N-dealkylation sites (tertiary alicyclic amines) is 2. The molecule has 3 saturated heterocycles. The van der Waals surface area contributed by atoms with Gasteiger partial charge in [0.25, 0.3) is 5.91 Å². The normalized spacial score (nSPS) is 40.7. The third kappa shape index (κ3) is 2.02. The summed E-state index contributed by atoms with van der Waals surface area (Å²) in [6, 6.07) is 0. The monoisotopic (exact) mass is 319 g/mol. The molecule has 4 heterocycles.